The van der Waals surface area contributed by atoms with Gasteiger partial charge in [-0.15, -0.1) is 11.3 Å². The number of hydrogen-bond acceptors (Lipinski definition) is 4. The van der Waals surface area contributed by atoms with Crippen LogP contribution in [0, 0.1) is 11.8 Å². The summed E-state index contributed by atoms with van der Waals surface area (Å²) in [6.07, 6.45) is 0.598. The van der Waals surface area contributed by atoms with Crippen molar-refractivity contribution in [1.82, 2.24) is 0 Å². The van der Waals surface area contributed by atoms with E-state index in [2.05, 4.69) is 11.8 Å². The molecule has 0 fully saturated rings. The maximum absolute atomic E-state index is 9.05. The van der Waals surface area contributed by atoms with Gasteiger partial charge < -0.3 is 15.6 Å². The molecule has 0 saturated carbocycles. The molecule has 0 amide bonds. The van der Waals surface area contributed by atoms with E-state index in [9.17, 15) is 0 Å². The van der Waals surface area contributed by atoms with Gasteiger partial charge in [0, 0.05) is 12.2 Å². The molecule has 104 valence electrons. The average Bonchev–Trinajstić information content (AvgIpc) is 2.92. The highest BCUT2D eigenvalue weighted by Gasteiger charge is 2.06. The maximum atomic E-state index is 9.05. The van der Waals surface area contributed by atoms with Gasteiger partial charge in [-0.1, -0.05) is 30.0 Å². The van der Waals surface area contributed by atoms with E-state index in [1.165, 1.54) is 0 Å². The molecule has 2 aromatic rings. The summed E-state index contributed by atoms with van der Waals surface area (Å²) in [6, 6.07) is 9.74. The van der Waals surface area contributed by atoms with Crippen molar-refractivity contribution in [2.24, 2.45) is 5.73 Å². The van der Waals surface area contributed by atoms with Gasteiger partial charge in [0.05, 0.1) is 11.4 Å². The quantitative estimate of drug-likeness (QED) is 0.829. The van der Waals surface area contributed by atoms with Crippen molar-refractivity contribution >= 4 is 11.3 Å². The van der Waals surface area contributed by atoms with Crippen molar-refractivity contribution in [3.8, 4) is 17.6 Å². The van der Waals surface area contributed by atoms with Crippen LogP contribution in [-0.2, 0) is 13.0 Å². The van der Waals surface area contributed by atoms with Crippen LogP contribution in [0.15, 0.2) is 35.7 Å². The van der Waals surface area contributed by atoms with Crippen LogP contribution in [0.4, 0.5) is 0 Å². The monoisotopic (exact) mass is 287 g/mol. The molecule has 1 aromatic heterocycles. The second-order valence-electron chi connectivity index (χ2n) is 4.13. The van der Waals surface area contributed by atoms with Crippen molar-refractivity contribution in [1.29, 1.82) is 0 Å². The van der Waals surface area contributed by atoms with E-state index in [0.717, 1.165) is 21.8 Å². The molecule has 4 heteroatoms. The molecule has 1 aromatic carbocycles. The number of hydrogen-bond donors (Lipinski definition) is 2. The Labute approximate surface area is 123 Å². The van der Waals surface area contributed by atoms with Crippen LogP contribution >= 0.6 is 11.3 Å². The molecular weight excluding hydrogens is 270 g/mol. The van der Waals surface area contributed by atoms with Crippen LogP contribution in [0.1, 0.15) is 16.0 Å². The lowest BCUT2D eigenvalue weighted by Crippen LogP contribution is -2.00. The molecule has 3 nitrogen and oxygen atoms in total. The summed E-state index contributed by atoms with van der Waals surface area (Å²) in [5, 5.41) is 11.1. The minimum Gasteiger partial charge on any atom is -0.488 e. The summed E-state index contributed by atoms with van der Waals surface area (Å²) in [6.45, 7) is 0.955. The highest BCUT2D eigenvalue weighted by Crippen LogP contribution is 2.22. The normalized spacial score (nSPS) is 9.90. The number of benzene rings is 1. The lowest BCUT2D eigenvalue weighted by Gasteiger charge is -2.10. The Kier molecular flexibility index (Phi) is 5.63. The van der Waals surface area contributed by atoms with Crippen molar-refractivity contribution in [2.45, 2.75) is 13.0 Å². The lowest BCUT2D eigenvalue weighted by atomic mass is 10.1. The van der Waals surface area contributed by atoms with Crippen LogP contribution in [0.5, 0.6) is 5.75 Å². The molecule has 0 aliphatic carbocycles. The Bertz CT molecular complexity index is 610. The molecule has 1 heterocycles. The molecule has 0 saturated heterocycles. The Morgan fingerprint density at radius 1 is 1.25 bits per heavy atom. The molecule has 20 heavy (non-hydrogen) atoms. The van der Waals surface area contributed by atoms with Gasteiger partial charge in [-0.05, 0) is 29.5 Å². The predicted molar refractivity (Wildman–Crippen MR) is 81.8 cm³/mol. The number of rotatable bonds is 5. The van der Waals surface area contributed by atoms with Gasteiger partial charge in [-0.3, -0.25) is 0 Å². The van der Waals surface area contributed by atoms with Crippen LogP contribution in [0.2, 0.25) is 0 Å². The van der Waals surface area contributed by atoms with Crippen molar-refractivity contribution in [3.05, 3.63) is 51.7 Å². The summed E-state index contributed by atoms with van der Waals surface area (Å²) in [7, 11) is 0. The minimum atomic E-state index is 0.118. The maximum Gasteiger partial charge on any atom is 0.124 e. The first-order valence-electron chi connectivity index (χ1n) is 6.42. The van der Waals surface area contributed by atoms with Gasteiger partial charge >= 0.3 is 0 Å². The molecule has 0 atom stereocenters. The molecule has 0 radical (unpaired) electrons. The number of aliphatic hydroxyl groups is 1. The van der Waals surface area contributed by atoms with Crippen molar-refractivity contribution < 1.29 is 9.84 Å². The fraction of sp³-hybridized carbons (Fsp3) is 0.250. The fourth-order valence-electron chi connectivity index (χ4n) is 1.82. The zero-order chi connectivity index (χ0) is 14.2. The number of nitrogens with two attached hydrogens (primary N) is 1. The summed E-state index contributed by atoms with van der Waals surface area (Å²) >= 11 is 1.62. The third kappa shape index (κ3) is 3.84. The van der Waals surface area contributed by atoms with Gasteiger partial charge in [-0.2, -0.15) is 0 Å². The van der Waals surface area contributed by atoms with Gasteiger partial charge in [-0.25, -0.2) is 0 Å². The zero-order valence-corrected chi connectivity index (χ0v) is 12.0. The molecule has 3 N–H and O–H groups in total. The Morgan fingerprint density at radius 3 is 2.90 bits per heavy atom. The topological polar surface area (TPSA) is 55.5 Å². The predicted octanol–water partition coefficient (Wildman–Crippen LogP) is 2.17. The van der Waals surface area contributed by atoms with Crippen molar-refractivity contribution in [2.75, 3.05) is 13.2 Å². The second kappa shape index (κ2) is 7.71. The second-order valence-corrected chi connectivity index (χ2v) is 5.13. The van der Waals surface area contributed by atoms with Crippen LogP contribution in [-0.4, -0.2) is 18.3 Å². The van der Waals surface area contributed by atoms with E-state index in [-0.39, 0.29) is 6.61 Å². The first kappa shape index (κ1) is 14.6. The molecule has 2 rings (SSSR count). The minimum absolute atomic E-state index is 0.118. The van der Waals surface area contributed by atoms with Gasteiger partial charge in [0.15, 0.2) is 0 Å². The first-order chi connectivity index (χ1) is 9.85. The lowest BCUT2D eigenvalue weighted by molar-refractivity contribution is 0.285. The number of thiophene rings is 1. The highest BCUT2D eigenvalue weighted by molar-refractivity contribution is 7.10. The van der Waals surface area contributed by atoms with E-state index < -0.39 is 0 Å². The summed E-state index contributed by atoms with van der Waals surface area (Å²) in [5.74, 6) is 6.71. The van der Waals surface area contributed by atoms with Gasteiger partial charge in [0.1, 0.15) is 12.4 Å². The van der Waals surface area contributed by atoms with Crippen LogP contribution in [0.3, 0.4) is 0 Å². The molecule has 0 bridgehead atoms. The third-order valence-corrected chi connectivity index (χ3v) is 3.68. The third-order valence-electron chi connectivity index (χ3n) is 2.78. The number of aliphatic hydroxyl groups excluding tert-OH is 1. The Morgan fingerprint density at radius 2 is 2.10 bits per heavy atom. The molecule has 0 spiro atoms. The smallest absolute Gasteiger partial charge is 0.124 e. The largest absolute Gasteiger partial charge is 0.488 e. The molecule has 0 aliphatic heterocycles. The van der Waals surface area contributed by atoms with Crippen LogP contribution < -0.4 is 10.5 Å². The van der Waals surface area contributed by atoms with E-state index >= 15 is 0 Å². The summed E-state index contributed by atoms with van der Waals surface area (Å²) in [5.41, 5.74) is 7.38. The Hall–Kier alpha value is -1.80. The van der Waals surface area contributed by atoms with Gasteiger partial charge in [0.25, 0.3) is 0 Å². The zero-order valence-electron chi connectivity index (χ0n) is 11.1. The number of para-hydroxylation sites is 1. The molecule has 0 aliphatic rings. The standard InChI is InChI=1S/C16H17NO2S/c17-9-3-5-14-8-11-20-16(14)12-19-15-6-2-1-4-13(15)7-10-18/h1-2,4,6,8,11,18H,7,9-10,12,17H2. The van der Waals surface area contributed by atoms with Crippen LogP contribution in [0.25, 0.3) is 0 Å². The summed E-state index contributed by atoms with van der Waals surface area (Å²) in [4.78, 5) is 1.09. The van der Waals surface area contributed by atoms with E-state index in [1.54, 1.807) is 11.3 Å². The molecular formula is C16H17NO2S. The highest BCUT2D eigenvalue weighted by atomic mass is 32.1. The first-order valence-corrected chi connectivity index (χ1v) is 7.30. The fourth-order valence-corrected chi connectivity index (χ4v) is 2.57. The molecule has 0 unspecified atom stereocenters. The van der Waals surface area contributed by atoms with Gasteiger partial charge in [0.2, 0.25) is 0 Å². The van der Waals surface area contributed by atoms with E-state index in [0.29, 0.717) is 19.6 Å². The summed E-state index contributed by atoms with van der Waals surface area (Å²) < 4.78 is 5.85. The van der Waals surface area contributed by atoms with Crippen molar-refractivity contribution in [3.63, 3.8) is 0 Å². The SMILES string of the molecule is NCC#Cc1ccsc1COc1ccccc1CCO. The van der Waals surface area contributed by atoms with E-state index in [4.69, 9.17) is 15.6 Å². The average molecular weight is 287 g/mol. The Balaban J connectivity index is 2.07. The van der Waals surface area contributed by atoms with E-state index in [1.807, 2.05) is 35.7 Å². The number of ether oxygens (including phenoxy) is 1.